The topological polar surface area (TPSA) is 59.2 Å². The molecule has 0 radical (unpaired) electrons. The van der Waals surface area contributed by atoms with Crippen LogP contribution in [-0.2, 0) is 11.2 Å². The number of aryl methyl sites for hydroxylation is 1. The Hall–Kier alpha value is -0.400. The van der Waals surface area contributed by atoms with Gasteiger partial charge in [0.2, 0.25) is 5.91 Å². The molecule has 1 aromatic carbocycles. The lowest BCUT2D eigenvalue weighted by Gasteiger charge is -2.21. The van der Waals surface area contributed by atoms with E-state index in [0.29, 0.717) is 31.3 Å². The number of amides is 1. The number of nitrogens with two attached hydrogens (primary N) is 1. The molecule has 2 unspecified atom stereocenters. The van der Waals surface area contributed by atoms with Gasteiger partial charge in [0.15, 0.2) is 0 Å². The number of fused-ring (bicyclic) bond motifs is 1. The van der Waals surface area contributed by atoms with E-state index in [1.807, 2.05) is 17.0 Å². The van der Waals surface area contributed by atoms with Gasteiger partial charge < -0.3 is 10.6 Å². The molecule has 1 fully saturated rings. The number of thiazole rings is 1. The van der Waals surface area contributed by atoms with Gasteiger partial charge in [-0.3, -0.25) is 4.79 Å². The average molecular weight is 455 g/mol. The van der Waals surface area contributed by atoms with E-state index in [4.69, 9.17) is 5.73 Å². The highest BCUT2D eigenvalue weighted by molar-refractivity contribution is 9.10. The Morgan fingerprint density at radius 2 is 2.21 bits per heavy atom. The van der Waals surface area contributed by atoms with Crippen LogP contribution in [0.3, 0.4) is 0 Å². The average Bonchev–Trinajstić information content (AvgIpc) is 3.07. The molecule has 0 bridgehead atoms. The number of benzene rings is 1. The van der Waals surface area contributed by atoms with Crippen LogP contribution < -0.4 is 5.73 Å². The Morgan fingerprint density at radius 1 is 1.46 bits per heavy atom. The standard InChI is InChI=1S/C16H20BrN3OS.2ClH/c1-10-6-11(8-18)9-20(10)16(21)5-4-15-19-13-7-12(17)2-3-14(13)22-15;;/h2-3,7,10-11H,4-6,8-9,18H2,1H3;2*1H. The maximum atomic E-state index is 12.4. The largest absolute Gasteiger partial charge is 0.340 e. The lowest BCUT2D eigenvalue weighted by Crippen LogP contribution is -2.34. The number of aromatic nitrogens is 1. The molecule has 0 aliphatic carbocycles. The second-order valence-corrected chi connectivity index (χ2v) is 7.98. The van der Waals surface area contributed by atoms with Gasteiger partial charge in [0.1, 0.15) is 0 Å². The van der Waals surface area contributed by atoms with Crippen LogP contribution in [0.2, 0.25) is 0 Å². The van der Waals surface area contributed by atoms with E-state index in [1.54, 1.807) is 11.3 Å². The Bertz CT molecular complexity index is 697. The molecule has 2 heterocycles. The molecule has 1 aromatic heterocycles. The lowest BCUT2D eigenvalue weighted by molar-refractivity contribution is -0.131. The monoisotopic (exact) mass is 453 g/mol. The second-order valence-electron chi connectivity index (χ2n) is 5.95. The van der Waals surface area contributed by atoms with Crippen molar-refractivity contribution >= 4 is 68.2 Å². The second kappa shape index (κ2) is 9.34. The fourth-order valence-electron chi connectivity index (χ4n) is 3.07. The van der Waals surface area contributed by atoms with Crippen LogP contribution in [0.15, 0.2) is 22.7 Å². The summed E-state index contributed by atoms with van der Waals surface area (Å²) in [4.78, 5) is 19.0. The minimum Gasteiger partial charge on any atom is -0.340 e. The van der Waals surface area contributed by atoms with Gasteiger partial charge in [-0.05, 0) is 44.0 Å². The highest BCUT2D eigenvalue weighted by Gasteiger charge is 2.31. The van der Waals surface area contributed by atoms with Gasteiger partial charge in [0, 0.05) is 29.9 Å². The minimum atomic E-state index is 0. The molecule has 2 atom stereocenters. The van der Waals surface area contributed by atoms with Crippen LogP contribution >= 0.6 is 52.1 Å². The van der Waals surface area contributed by atoms with E-state index in [-0.39, 0.29) is 30.7 Å². The summed E-state index contributed by atoms with van der Waals surface area (Å²) in [5, 5.41) is 1.03. The van der Waals surface area contributed by atoms with Crippen molar-refractivity contribution in [2.24, 2.45) is 11.7 Å². The number of rotatable bonds is 4. The fourth-order valence-corrected chi connectivity index (χ4v) is 4.37. The first-order valence-electron chi connectivity index (χ1n) is 7.61. The Morgan fingerprint density at radius 3 is 2.88 bits per heavy atom. The normalized spacial score (nSPS) is 19.9. The summed E-state index contributed by atoms with van der Waals surface area (Å²) in [7, 11) is 0. The third kappa shape index (κ3) is 4.82. The van der Waals surface area contributed by atoms with Crippen LogP contribution in [0.25, 0.3) is 10.2 Å². The maximum absolute atomic E-state index is 12.4. The molecule has 4 nitrogen and oxygen atoms in total. The molecule has 1 aliphatic rings. The molecule has 1 amide bonds. The van der Waals surface area contributed by atoms with Crippen LogP contribution in [0.1, 0.15) is 24.8 Å². The molecule has 0 saturated carbocycles. The molecule has 134 valence electrons. The molecule has 8 heteroatoms. The van der Waals surface area contributed by atoms with Crippen molar-refractivity contribution in [2.45, 2.75) is 32.2 Å². The van der Waals surface area contributed by atoms with E-state index in [2.05, 4.69) is 33.9 Å². The zero-order valence-electron chi connectivity index (χ0n) is 13.4. The van der Waals surface area contributed by atoms with Crippen LogP contribution in [0.4, 0.5) is 0 Å². The van der Waals surface area contributed by atoms with Crippen molar-refractivity contribution in [3.8, 4) is 0 Å². The molecule has 0 spiro atoms. The van der Waals surface area contributed by atoms with E-state index in [0.717, 1.165) is 28.0 Å². The van der Waals surface area contributed by atoms with E-state index >= 15 is 0 Å². The van der Waals surface area contributed by atoms with Crippen molar-refractivity contribution < 1.29 is 4.79 Å². The number of hydrogen-bond donors (Lipinski definition) is 1. The highest BCUT2D eigenvalue weighted by atomic mass is 79.9. The summed E-state index contributed by atoms with van der Waals surface area (Å²) >= 11 is 5.13. The first kappa shape index (κ1) is 21.6. The highest BCUT2D eigenvalue weighted by Crippen LogP contribution is 2.27. The van der Waals surface area contributed by atoms with Gasteiger partial charge >= 0.3 is 0 Å². The van der Waals surface area contributed by atoms with Crippen molar-refractivity contribution in [3.63, 3.8) is 0 Å². The van der Waals surface area contributed by atoms with Gasteiger partial charge in [0.25, 0.3) is 0 Å². The number of hydrogen-bond acceptors (Lipinski definition) is 4. The van der Waals surface area contributed by atoms with Crippen LogP contribution in [0, 0.1) is 5.92 Å². The molecule has 2 N–H and O–H groups in total. The van der Waals surface area contributed by atoms with Gasteiger partial charge in [-0.25, -0.2) is 4.98 Å². The number of carbonyl (C=O) groups is 1. The van der Waals surface area contributed by atoms with E-state index in [1.165, 1.54) is 4.70 Å². The number of likely N-dealkylation sites (tertiary alicyclic amines) is 1. The van der Waals surface area contributed by atoms with Crippen LogP contribution in [0.5, 0.6) is 0 Å². The molecule has 24 heavy (non-hydrogen) atoms. The van der Waals surface area contributed by atoms with Crippen LogP contribution in [-0.4, -0.2) is 34.9 Å². The molecular weight excluding hydrogens is 433 g/mol. The predicted octanol–water partition coefficient (Wildman–Crippen LogP) is 4.03. The number of carbonyl (C=O) groups excluding carboxylic acids is 1. The first-order chi connectivity index (χ1) is 10.6. The fraction of sp³-hybridized carbons (Fsp3) is 0.500. The summed E-state index contributed by atoms with van der Waals surface area (Å²) in [6.07, 6.45) is 2.27. The SMILES string of the molecule is CC1CC(CN)CN1C(=O)CCc1nc2cc(Br)ccc2s1.Cl.Cl. The van der Waals surface area contributed by atoms with E-state index < -0.39 is 0 Å². The third-order valence-corrected chi connectivity index (χ3v) is 5.85. The lowest BCUT2D eigenvalue weighted by atomic mass is 10.1. The maximum Gasteiger partial charge on any atom is 0.223 e. The van der Waals surface area contributed by atoms with Crippen molar-refractivity contribution in [1.29, 1.82) is 0 Å². The summed E-state index contributed by atoms with van der Waals surface area (Å²) in [5.41, 5.74) is 6.73. The Balaban J connectivity index is 0.00000144. The van der Waals surface area contributed by atoms with Gasteiger partial charge in [-0.1, -0.05) is 15.9 Å². The van der Waals surface area contributed by atoms with Gasteiger partial charge in [-0.2, -0.15) is 0 Å². The Kier molecular flexibility index (Phi) is 8.42. The first-order valence-corrected chi connectivity index (χ1v) is 9.22. The summed E-state index contributed by atoms with van der Waals surface area (Å²) in [6.45, 7) is 3.59. The van der Waals surface area contributed by atoms with Gasteiger partial charge in [0.05, 0.1) is 15.2 Å². The number of halogens is 3. The zero-order chi connectivity index (χ0) is 15.7. The van der Waals surface area contributed by atoms with Crippen molar-refractivity contribution in [3.05, 3.63) is 27.7 Å². The van der Waals surface area contributed by atoms with Crippen molar-refractivity contribution in [1.82, 2.24) is 9.88 Å². The predicted molar refractivity (Wildman–Crippen MR) is 108 cm³/mol. The molecule has 1 saturated heterocycles. The number of nitrogens with zero attached hydrogens (tertiary/aromatic N) is 2. The molecule has 2 aromatic rings. The molecular formula is C16H22BrCl2N3OS. The molecule has 3 rings (SSSR count). The summed E-state index contributed by atoms with van der Waals surface area (Å²) in [5.74, 6) is 0.683. The summed E-state index contributed by atoms with van der Waals surface area (Å²) in [6, 6.07) is 6.42. The molecule has 1 aliphatic heterocycles. The Labute approximate surface area is 167 Å². The van der Waals surface area contributed by atoms with Crippen molar-refractivity contribution in [2.75, 3.05) is 13.1 Å². The zero-order valence-corrected chi connectivity index (χ0v) is 17.4. The smallest absolute Gasteiger partial charge is 0.223 e. The van der Waals surface area contributed by atoms with E-state index in [9.17, 15) is 4.79 Å². The minimum absolute atomic E-state index is 0. The summed E-state index contributed by atoms with van der Waals surface area (Å²) < 4.78 is 2.20. The third-order valence-electron chi connectivity index (χ3n) is 4.26. The van der Waals surface area contributed by atoms with Gasteiger partial charge in [-0.15, -0.1) is 36.2 Å². The quantitative estimate of drug-likeness (QED) is 0.758.